The minimum atomic E-state index is -1.12. The fourth-order valence-corrected chi connectivity index (χ4v) is 5.01. The average Bonchev–Trinajstić information content (AvgIpc) is 2.69. The predicted octanol–water partition coefficient (Wildman–Crippen LogP) is 5.09. The summed E-state index contributed by atoms with van der Waals surface area (Å²) in [4.78, 5) is 36.4. The van der Waals surface area contributed by atoms with Gasteiger partial charge < -0.3 is 15.3 Å². The first-order chi connectivity index (χ1) is 14.7. The van der Waals surface area contributed by atoms with E-state index in [-0.39, 0.29) is 25.8 Å². The Kier molecular flexibility index (Phi) is 14.9. The molecule has 0 amide bonds. The van der Waals surface area contributed by atoms with E-state index in [0.717, 1.165) is 38.5 Å². The van der Waals surface area contributed by atoms with E-state index in [4.69, 9.17) is 0 Å². The van der Waals surface area contributed by atoms with E-state index in [2.05, 4.69) is 6.58 Å². The number of carbonyl (C=O) groups is 3. The number of nitrogens with zero attached hydrogens (tertiary/aromatic N) is 1. The van der Waals surface area contributed by atoms with E-state index >= 15 is 0 Å². The molecule has 7 heteroatoms. The fourth-order valence-electron chi connectivity index (χ4n) is 5.01. The van der Waals surface area contributed by atoms with Crippen molar-refractivity contribution in [2.45, 2.75) is 116 Å². The highest BCUT2D eigenvalue weighted by Crippen LogP contribution is 2.32. The van der Waals surface area contributed by atoms with Gasteiger partial charge in [-0.25, -0.2) is 14.4 Å². The summed E-state index contributed by atoms with van der Waals surface area (Å²) in [6.07, 6.45) is 11.8. The Bertz CT molecular complexity index is 507. The van der Waals surface area contributed by atoms with Gasteiger partial charge in [-0.1, -0.05) is 59.0 Å². The van der Waals surface area contributed by atoms with Crippen molar-refractivity contribution in [3.05, 3.63) is 12.7 Å². The quantitative estimate of drug-likeness (QED) is 0.138. The zero-order valence-corrected chi connectivity index (χ0v) is 19.7. The zero-order chi connectivity index (χ0) is 23.9. The molecule has 180 valence electrons. The third-order valence-corrected chi connectivity index (χ3v) is 6.46. The van der Waals surface area contributed by atoms with Crippen LogP contribution >= 0.6 is 0 Å². The van der Waals surface area contributed by atoms with Crippen molar-refractivity contribution in [1.29, 1.82) is 0 Å². The lowest BCUT2D eigenvalue weighted by atomic mass is 9.93. The topological polar surface area (TPSA) is 112 Å². The lowest BCUT2D eigenvalue weighted by Gasteiger charge is -2.49. The van der Waals surface area contributed by atoms with Crippen molar-refractivity contribution in [2.24, 2.45) is 0 Å². The minimum absolute atomic E-state index is 0.188. The number of quaternary nitrogens is 1. The zero-order valence-electron chi connectivity index (χ0n) is 19.7. The van der Waals surface area contributed by atoms with Gasteiger partial charge in [0.2, 0.25) is 0 Å². The number of unbranched alkanes of at least 4 members (excludes halogenated alkanes) is 8. The third-order valence-electron chi connectivity index (χ3n) is 6.46. The van der Waals surface area contributed by atoms with Gasteiger partial charge in [0.05, 0.1) is 6.54 Å². The van der Waals surface area contributed by atoms with Gasteiger partial charge in [0, 0.05) is 19.3 Å². The fraction of sp³-hybridized carbons (Fsp3) is 0.792. The molecule has 3 N–H and O–H groups in total. The highest BCUT2D eigenvalue weighted by Gasteiger charge is 2.55. The number of hydrogen-bond acceptors (Lipinski definition) is 3. The summed E-state index contributed by atoms with van der Waals surface area (Å²) in [6.45, 7) is 9.06. The van der Waals surface area contributed by atoms with Crippen LogP contribution in [0.1, 0.15) is 97.8 Å². The van der Waals surface area contributed by atoms with E-state index < -0.39 is 40.5 Å². The van der Waals surface area contributed by atoms with Crippen LogP contribution in [0.5, 0.6) is 0 Å². The first-order valence-electron chi connectivity index (χ1n) is 11.9. The third kappa shape index (κ3) is 8.63. The molecule has 0 fully saturated rings. The van der Waals surface area contributed by atoms with E-state index in [1.807, 2.05) is 6.08 Å². The van der Waals surface area contributed by atoms with Crippen molar-refractivity contribution in [3.63, 3.8) is 0 Å². The molecule has 0 rings (SSSR count). The van der Waals surface area contributed by atoms with Crippen LogP contribution in [-0.4, -0.2) is 62.4 Å². The largest absolute Gasteiger partial charge is 0.477 e. The summed E-state index contributed by atoms with van der Waals surface area (Å²) in [5.41, 5.74) is 0. The Labute approximate surface area is 187 Å². The number of rotatable bonds is 20. The molecule has 0 heterocycles. The van der Waals surface area contributed by atoms with Crippen LogP contribution in [0.2, 0.25) is 0 Å². The summed E-state index contributed by atoms with van der Waals surface area (Å²) in [5, 5.41) is 29.7. The Morgan fingerprint density at radius 1 is 0.677 bits per heavy atom. The maximum Gasteiger partial charge on any atom is 0.362 e. The van der Waals surface area contributed by atoms with Crippen LogP contribution in [0.15, 0.2) is 12.7 Å². The van der Waals surface area contributed by atoms with Crippen molar-refractivity contribution < 1.29 is 34.2 Å². The lowest BCUT2D eigenvalue weighted by molar-refractivity contribution is -0.973. The second kappa shape index (κ2) is 15.8. The Hall–Kier alpha value is -1.89. The second-order valence-electron chi connectivity index (χ2n) is 8.41. The highest BCUT2D eigenvalue weighted by molar-refractivity contribution is 5.78. The van der Waals surface area contributed by atoms with Crippen molar-refractivity contribution in [2.75, 3.05) is 6.54 Å². The summed E-state index contributed by atoms with van der Waals surface area (Å²) in [7, 11) is 0. The van der Waals surface area contributed by atoms with E-state index in [1.165, 1.54) is 12.8 Å². The smallest absolute Gasteiger partial charge is 0.362 e. The Balaban J connectivity index is 5.43. The van der Waals surface area contributed by atoms with Gasteiger partial charge >= 0.3 is 17.9 Å². The average molecular weight is 443 g/mol. The van der Waals surface area contributed by atoms with Gasteiger partial charge in [-0.15, -0.1) is 6.58 Å². The summed E-state index contributed by atoms with van der Waals surface area (Å²) in [6, 6.07) is -3.19. The van der Waals surface area contributed by atoms with Gasteiger partial charge in [-0.05, 0) is 25.7 Å². The number of carboxylic acids is 3. The normalized spacial score (nSPS) is 16.1. The second-order valence-corrected chi connectivity index (χ2v) is 8.41. The van der Waals surface area contributed by atoms with Crippen LogP contribution in [0.4, 0.5) is 0 Å². The molecule has 0 spiro atoms. The molecule has 0 radical (unpaired) electrons. The molecule has 0 aromatic rings. The van der Waals surface area contributed by atoms with Crippen LogP contribution in [0.25, 0.3) is 0 Å². The molecular formula is C24H44NO6+. The maximum absolute atomic E-state index is 12.1. The van der Waals surface area contributed by atoms with E-state index in [9.17, 15) is 29.7 Å². The predicted molar refractivity (Wildman–Crippen MR) is 122 cm³/mol. The van der Waals surface area contributed by atoms with Gasteiger partial charge in [0.1, 0.15) is 0 Å². The van der Waals surface area contributed by atoms with Crippen LogP contribution in [-0.2, 0) is 14.4 Å². The van der Waals surface area contributed by atoms with E-state index in [0.29, 0.717) is 6.42 Å². The molecule has 0 aliphatic rings. The molecule has 0 saturated carbocycles. The maximum atomic E-state index is 12.1. The van der Waals surface area contributed by atoms with Crippen molar-refractivity contribution >= 4 is 17.9 Å². The molecule has 0 bridgehead atoms. The van der Waals surface area contributed by atoms with Crippen LogP contribution in [0.3, 0.4) is 0 Å². The molecule has 0 aliphatic heterocycles. The van der Waals surface area contributed by atoms with E-state index in [1.54, 1.807) is 20.8 Å². The van der Waals surface area contributed by atoms with Crippen molar-refractivity contribution in [3.8, 4) is 0 Å². The summed E-state index contributed by atoms with van der Waals surface area (Å²) < 4.78 is -0.412. The standard InChI is InChI=1S/C24H43NO6/c1-5-9-10-11-12-13-14-15-16-17-18-25(19(6-2)22(26)27,20(7-3)23(28)29)21(8-4)24(30)31/h5,19-21H,1,6-18H2,2-4H3,(H2-,26,27,28,29,30,31)/p+1. The minimum Gasteiger partial charge on any atom is -0.477 e. The molecule has 3 unspecified atom stereocenters. The first-order valence-corrected chi connectivity index (χ1v) is 11.9. The van der Waals surface area contributed by atoms with Crippen molar-refractivity contribution in [1.82, 2.24) is 0 Å². The highest BCUT2D eigenvalue weighted by atomic mass is 16.4. The molecule has 0 aliphatic carbocycles. The first kappa shape index (κ1) is 29.1. The van der Waals surface area contributed by atoms with Gasteiger partial charge in [0.15, 0.2) is 18.1 Å². The molecule has 0 saturated heterocycles. The molecular weight excluding hydrogens is 398 g/mol. The molecule has 0 aromatic carbocycles. The molecule has 31 heavy (non-hydrogen) atoms. The SMILES string of the molecule is C=CCCCCCCCCCC[N+](C(CC)C(=O)O)(C(CC)C(=O)O)C(CC)C(=O)O. The molecule has 7 nitrogen and oxygen atoms in total. The summed E-state index contributed by atoms with van der Waals surface area (Å²) in [5.74, 6) is -3.37. The monoisotopic (exact) mass is 442 g/mol. The number of hydrogen-bond donors (Lipinski definition) is 3. The lowest BCUT2D eigenvalue weighted by Crippen LogP contribution is -2.72. The van der Waals surface area contributed by atoms with Crippen LogP contribution < -0.4 is 0 Å². The number of aliphatic carboxylic acids is 3. The van der Waals surface area contributed by atoms with Gasteiger partial charge in [0.25, 0.3) is 0 Å². The number of allylic oxidation sites excluding steroid dienone is 1. The summed E-state index contributed by atoms with van der Waals surface area (Å²) >= 11 is 0. The molecule has 3 atom stereocenters. The number of carboxylic acid groups (broad SMARTS) is 3. The Morgan fingerprint density at radius 2 is 1.00 bits per heavy atom. The van der Waals surface area contributed by atoms with Crippen LogP contribution in [0, 0.1) is 0 Å². The Morgan fingerprint density at radius 3 is 1.29 bits per heavy atom. The molecule has 0 aromatic heterocycles. The van der Waals surface area contributed by atoms with Gasteiger partial charge in [-0.3, -0.25) is 4.48 Å². The van der Waals surface area contributed by atoms with Gasteiger partial charge in [-0.2, -0.15) is 0 Å².